The third-order valence-corrected chi connectivity index (χ3v) is 5.85. The highest BCUT2D eigenvalue weighted by Crippen LogP contribution is 2.33. The monoisotopic (exact) mass is 486 g/mol. The molecule has 0 bridgehead atoms. The van der Waals surface area contributed by atoms with Crippen LogP contribution in [0.15, 0.2) is 72.9 Å². The number of carbonyl (C=O) groups excluding carboxylic acids is 2. The van der Waals surface area contributed by atoms with Crippen molar-refractivity contribution in [3.63, 3.8) is 0 Å². The first-order valence-electron chi connectivity index (χ1n) is 11.8. The minimum atomic E-state index is -0.558. The first-order valence-corrected chi connectivity index (χ1v) is 11.8. The van der Waals surface area contributed by atoms with Gasteiger partial charge in [0.05, 0.1) is 37.7 Å². The number of benzene rings is 2. The number of rotatable bonds is 11. The molecule has 0 radical (unpaired) electrons. The highest BCUT2D eigenvalue weighted by molar-refractivity contribution is 6.11. The summed E-state index contributed by atoms with van der Waals surface area (Å²) in [5.41, 5.74) is 4.08. The molecule has 0 fully saturated rings. The van der Waals surface area contributed by atoms with Crippen LogP contribution in [0.4, 0.5) is 11.4 Å². The molecule has 0 spiro atoms. The molecule has 2 aromatic heterocycles. The maximum Gasteiger partial charge on any atom is 0.356 e. The Morgan fingerprint density at radius 3 is 2.33 bits per heavy atom. The fraction of sp³-hybridized carbons (Fsp3) is 0.250. The average Bonchev–Trinajstić information content (AvgIpc) is 3.20. The molecule has 2 heterocycles. The van der Waals surface area contributed by atoms with Crippen LogP contribution in [0.2, 0.25) is 0 Å². The second-order valence-electron chi connectivity index (χ2n) is 8.33. The Morgan fingerprint density at radius 2 is 1.67 bits per heavy atom. The topological polar surface area (TPSA) is 94.5 Å². The van der Waals surface area contributed by atoms with Gasteiger partial charge in [-0.3, -0.25) is 4.79 Å². The van der Waals surface area contributed by atoms with Gasteiger partial charge < -0.3 is 24.7 Å². The van der Waals surface area contributed by atoms with E-state index in [9.17, 15) is 9.59 Å². The van der Waals surface area contributed by atoms with Gasteiger partial charge in [-0.05, 0) is 23.6 Å². The number of hydrogen-bond donors (Lipinski definition) is 2. The van der Waals surface area contributed by atoms with Gasteiger partial charge in [0.15, 0.2) is 5.69 Å². The lowest BCUT2D eigenvalue weighted by Crippen LogP contribution is -2.19. The van der Waals surface area contributed by atoms with Crippen molar-refractivity contribution in [1.29, 1.82) is 0 Å². The van der Waals surface area contributed by atoms with E-state index in [1.165, 1.54) is 12.7 Å². The van der Waals surface area contributed by atoms with Crippen molar-refractivity contribution in [1.82, 2.24) is 9.55 Å². The van der Waals surface area contributed by atoms with Gasteiger partial charge in [-0.25, -0.2) is 9.78 Å². The number of aromatic nitrogens is 2. The largest absolute Gasteiger partial charge is 0.464 e. The number of nitrogens with zero attached hydrogens (tertiary/aromatic N) is 2. The summed E-state index contributed by atoms with van der Waals surface area (Å²) < 4.78 is 12.1. The fourth-order valence-corrected chi connectivity index (χ4v) is 4.12. The molecule has 8 nitrogen and oxygen atoms in total. The van der Waals surface area contributed by atoms with E-state index in [-0.39, 0.29) is 18.0 Å². The van der Waals surface area contributed by atoms with Crippen LogP contribution < -0.4 is 10.6 Å². The summed E-state index contributed by atoms with van der Waals surface area (Å²) in [5.74, 6) is -0.794. The molecule has 0 aliphatic carbocycles. The molecule has 4 aromatic rings. The number of carbonyl (C=O) groups is 2. The molecule has 0 saturated carbocycles. The quantitative estimate of drug-likeness (QED) is 0.307. The van der Waals surface area contributed by atoms with E-state index in [1.807, 2.05) is 54.6 Å². The number of nitrogens with one attached hydrogen (secondary N) is 2. The third-order valence-electron chi connectivity index (χ3n) is 5.85. The Bertz CT molecular complexity index is 1320. The highest BCUT2D eigenvalue weighted by Gasteiger charge is 2.26. The smallest absolute Gasteiger partial charge is 0.356 e. The van der Waals surface area contributed by atoms with Crippen molar-refractivity contribution in [2.45, 2.75) is 19.4 Å². The molecule has 4 rings (SSSR count). The molecule has 8 heteroatoms. The maximum atomic E-state index is 13.0. The molecule has 0 unspecified atom stereocenters. The van der Waals surface area contributed by atoms with Crippen LogP contribution in [0.1, 0.15) is 21.6 Å². The van der Waals surface area contributed by atoms with Crippen molar-refractivity contribution in [3.05, 3.63) is 89.7 Å². The van der Waals surface area contributed by atoms with Crippen LogP contribution in [0, 0.1) is 0 Å². The van der Waals surface area contributed by atoms with Gasteiger partial charge in [-0.15, -0.1) is 0 Å². The summed E-state index contributed by atoms with van der Waals surface area (Å²) in [5, 5.41) is 7.00. The third kappa shape index (κ3) is 5.90. The number of methoxy groups -OCH3 is 2. The standard InChI is InChI=1S/C28H30N4O4/c1-35-16-15-32-26(28(34)36-2)25(31-24(33)17-21-11-7-4-8-12-21)23-18-22(19-30-27(23)32)29-14-13-20-9-5-3-6-10-20/h3-12,18-19,29H,13-17H2,1-2H3,(H,31,33). The number of ether oxygens (including phenoxy) is 2. The SMILES string of the molecule is COCCn1c(C(=O)OC)c(NC(=O)Cc2ccccc2)c2cc(NCCc3ccccc3)cnc21. The lowest BCUT2D eigenvalue weighted by Gasteiger charge is -2.10. The van der Waals surface area contributed by atoms with Crippen LogP contribution in [-0.2, 0) is 33.7 Å². The normalized spacial score (nSPS) is 10.8. The van der Waals surface area contributed by atoms with E-state index in [4.69, 9.17) is 9.47 Å². The van der Waals surface area contributed by atoms with Crippen LogP contribution in [0.5, 0.6) is 0 Å². The first kappa shape index (κ1) is 24.9. The summed E-state index contributed by atoms with van der Waals surface area (Å²) in [6.45, 7) is 1.45. The molecule has 1 amide bonds. The molecular formula is C28H30N4O4. The number of esters is 1. The predicted octanol–water partition coefficient (Wildman–Crippen LogP) is 4.31. The Morgan fingerprint density at radius 1 is 0.972 bits per heavy atom. The van der Waals surface area contributed by atoms with Gasteiger partial charge in [0.25, 0.3) is 0 Å². The maximum absolute atomic E-state index is 13.0. The van der Waals surface area contributed by atoms with Crippen molar-refractivity contribution in [2.24, 2.45) is 0 Å². The van der Waals surface area contributed by atoms with Gasteiger partial charge >= 0.3 is 5.97 Å². The molecule has 0 saturated heterocycles. The Labute approximate surface area is 210 Å². The lowest BCUT2D eigenvalue weighted by molar-refractivity contribution is -0.115. The van der Waals surface area contributed by atoms with Gasteiger partial charge in [0.1, 0.15) is 5.65 Å². The molecule has 36 heavy (non-hydrogen) atoms. The van der Waals surface area contributed by atoms with Crippen molar-refractivity contribution in [2.75, 3.05) is 38.0 Å². The van der Waals surface area contributed by atoms with Crippen LogP contribution in [-0.4, -0.2) is 48.8 Å². The molecule has 0 aliphatic heterocycles. The van der Waals surface area contributed by atoms with Crippen molar-refractivity contribution >= 4 is 34.3 Å². The zero-order valence-electron chi connectivity index (χ0n) is 20.5. The van der Waals surface area contributed by atoms with Gasteiger partial charge in [-0.1, -0.05) is 60.7 Å². The molecule has 2 N–H and O–H groups in total. The van der Waals surface area contributed by atoms with Gasteiger partial charge in [0.2, 0.25) is 5.91 Å². The van der Waals surface area contributed by atoms with E-state index in [2.05, 4.69) is 27.8 Å². The molecule has 186 valence electrons. The van der Waals surface area contributed by atoms with Gasteiger partial charge in [-0.2, -0.15) is 0 Å². The minimum absolute atomic E-state index is 0.175. The predicted molar refractivity (Wildman–Crippen MR) is 140 cm³/mol. The van der Waals surface area contributed by atoms with E-state index in [0.717, 1.165) is 17.7 Å². The Kier molecular flexibility index (Phi) is 8.31. The minimum Gasteiger partial charge on any atom is -0.464 e. The average molecular weight is 487 g/mol. The van der Waals surface area contributed by atoms with Crippen LogP contribution >= 0.6 is 0 Å². The van der Waals surface area contributed by atoms with E-state index in [1.54, 1.807) is 17.9 Å². The van der Waals surface area contributed by atoms with Gasteiger partial charge in [0, 0.05) is 25.6 Å². The van der Waals surface area contributed by atoms with Crippen LogP contribution in [0.3, 0.4) is 0 Å². The zero-order valence-corrected chi connectivity index (χ0v) is 20.5. The summed E-state index contributed by atoms with van der Waals surface area (Å²) in [6.07, 6.45) is 2.75. The number of amides is 1. The fourth-order valence-electron chi connectivity index (χ4n) is 4.12. The zero-order chi connectivity index (χ0) is 25.3. The second-order valence-corrected chi connectivity index (χ2v) is 8.33. The summed E-state index contributed by atoms with van der Waals surface area (Å²) in [7, 11) is 2.91. The summed E-state index contributed by atoms with van der Waals surface area (Å²) in [4.78, 5) is 30.5. The summed E-state index contributed by atoms with van der Waals surface area (Å²) >= 11 is 0. The molecular weight excluding hydrogens is 456 g/mol. The summed E-state index contributed by atoms with van der Waals surface area (Å²) in [6, 6.07) is 21.6. The van der Waals surface area contributed by atoms with E-state index >= 15 is 0 Å². The first-order chi connectivity index (χ1) is 17.6. The van der Waals surface area contributed by atoms with E-state index in [0.29, 0.717) is 36.4 Å². The molecule has 0 aliphatic rings. The number of hydrogen-bond acceptors (Lipinski definition) is 6. The molecule has 0 atom stereocenters. The van der Waals surface area contributed by atoms with E-state index < -0.39 is 5.97 Å². The van der Waals surface area contributed by atoms with Crippen molar-refractivity contribution < 1.29 is 19.1 Å². The number of fused-ring (bicyclic) bond motifs is 1. The number of pyridine rings is 1. The Balaban J connectivity index is 1.67. The van der Waals surface area contributed by atoms with Crippen molar-refractivity contribution in [3.8, 4) is 0 Å². The number of anilines is 2. The highest BCUT2D eigenvalue weighted by atomic mass is 16.5. The van der Waals surface area contributed by atoms with Crippen LogP contribution in [0.25, 0.3) is 11.0 Å². The lowest BCUT2D eigenvalue weighted by atomic mass is 10.1. The second kappa shape index (κ2) is 12.0. The molecule has 2 aromatic carbocycles. The Hall–Kier alpha value is -4.17.